The Morgan fingerprint density at radius 3 is 2.79 bits per heavy atom. The Kier molecular flexibility index (Phi) is 3.93. The molecule has 0 radical (unpaired) electrons. The quantitative estimate of drug-likeness (QED) is 0.524. The maximum atomic E-state index is 5.46. The van der Waals surface area contributed by atoms with Gasteiger partial charge in [-0.05, 0) is 60.9 Å². The van der Waals surface area contributed by atoms with Crippen molar-refractivity contribution in [1.82, 2.24) is 15.0 Å². The molecule has 0 unspecified atom stereocenters. The van der Waals surface area contributed by atoms with E-state index in [0.29, 0.717) is 5.82 Å². The van der Waals surface area contributed by atoms with Crippen molar-refractivity contribution in [2.45, 2.75) is 13.3 Å². The van der Waals surface area contributed by atoms with Gasteiger partial charge in [-0.1, -0.05) is 12.1 Å². The maximum Gasteiger partial charge on any atom is 0.163 e. The first-order valence-corrected chi connectivity index (χ1v) is 9.36. The summed E-state index contributed by atoms with van der Waals surface area (Å²) >= 11 is 0. The number of aromatic nitrogens is 3. The van der Waals surface area contributed by atoms with Gasteiger partial charge in [0.25, 0.3) is 0 Å². The van der Waals surface area contributed by atoms with Crippen LogP contribution >= 0.6 is 0 Å². The average molecular weight is 368 g/mol. The molecule has 5 rings (SSSR count). The highest BCUT2D eigenvalue weighted by atomic mass is 16.5. The molecule has 3 heterocycles. The number of nitrogens with zero attached hydrogens (tertiary/aromatic N) is 4. The molecule has 1 aliphatic rings. The molecule has 0 fully saturated rings. The molecule has 0 bridgehead atoms. The monoisotopic (exact) mass is 368 g/mol. The van der Waals surface area contributed by atoms with Gasteiger partial charge in [0.2, 0.25) is 0 Å². The second-order valence-electron chi connectivity index (χ2n) is 7.03. The van der Waals surface area contributed by atoms with Gasteiger partial charge in [-0.3, -0.25) is 4.98 Å². The molecule has 0 N–H and O–H groups in total. The number of rotatable bonds is 3. The van der Waals surface area contributed by atoms with Crippen molar-refractivity contribution in [2.24, 2.45) is 0 Å². The average Bonchev–Trinajstić information content (AvgIpc) is 3.16. The highest BCUT2D eigenvalue weighted by Crippen LogP contribution is 2.39. The van der Waals surface area contributed by atoms with Crippen molar-refractivity contribution in [3.8, 4) is 17.1 Å². The molecule has 2 aromatic heterocycles. The second-order valence-corrected chi connectivity index (χ2v) is 7.03. The fourth-order valence-corrected chi connectivity index (χ4v) is 3.76. The first kappa shape index (κ1) is 16.7. The molecule has 0 aliphatic carbocycles. The van der Waals surface area contributed by atoms with Gasteiger partial charge in [-0.2, -0.15) is 0 Å². The Bertz CT molecular complexity index is 1170. The molecular formula is C23H20N4O. The first-order valence-electron chi connectivity index (χ1n) is 9.36. The lowest BCUT2D eigenvalue weighted by atomic mass is 10.1. The molecule has 0 amide bonds. The van der Waals surface area contributed by atoms with Crippen LogP contribution in [-0.4, -0.2) is 28.6 Å². The van der Waals surface area contributed by atoms with Crippen LogP contribution in [0.4, 0.5) is 11.5 Å². The molecule has 0 saturated carbocycles. The minimum atomic E-state index is 0.682. The van der Waals surface area contributed by atoms with E-state index in [0.717, 1.165) is 41.0 Å². The standard InChI is InChI=1S/C23H20N4O/c1-15-5-6-16-9-11-27(21(16)12-15)23-19-13-18(28-2)7-8-20(19)25-22(26-23)17-4-3-10-24-14-17/h3-8,10,12-14H,9,11H2,1-2H3. The lowest BCUT2D eigenvalue weighted by Gasteiger charge is -2.21. The van der Waals surface area contributed by atoms with Crippen LogP contribution in [0.25, 0.3) is 22.3 Å². The summed E-state index contributed by atoms with van der Waals surface area (Å²) in [5.41, 5.74) is 5.62. The van der Waals surface area contributed by atoms with Crippen molar-refractivity contribution in [1.29, 1.82) is 0 Å². The van der Waals surface area contributed by atoms with Crippen LogP contribution < -0.4 is 9.64 Å². The van der Waals surface area contributed by atoms with Crippen LogP contribution in [-0.2, 0) is 6.42 Å². The predicted molar refractivity (Wildman–Crippen MR) is 111 cm³/mol. The van der Waals surface area contributed by atoms with E-state index in [2.05, 4.69) is 35.0 Å². The molecule has 5 nitrogen and oxygen atoms in total. The van der Waals surface area contributed by atoms with Crippen molar-refractivity contribution in [3.05, 3.63) is 72.1 Å². The van der Waals surface area contributed by atoms with Crippen LogP contribution in [0.15, 0.2) is 60.9 Å². The first-order chi connectivity index (χ1) is 13.7. The maximum absolute atomic E-state index is 5.46. The lowest BCUT2D eigenvalue weighted by Crippen LogP contribution is -2.16. The van der Waals surface area contributed by atoms with Gasteiger partial charge < -0.3 is 9.64 Å². The van der Waals surface area contributed by atoms with Crippen LogP contribution in [0.1, 0.15) is 11.1 Å². The zero-order chi connectivity index (χ0) is 19.1. The van der Waals surface area contributed by atoms with Gasteiger partial charge in [0.15, 0.2) is 5.82 Å². The minimum absolute atomic E-state index is 0.682. The summed E-state index contributed by atoms with van der Waals surface area (Å²) in [4.78, 5) is 16.3. The third kappa shape index (κ3) is 2.76. The summed E-state index contributed by atoms with van der Waals surface area (Å²) in [6, 6.07) is 16.5. The fourth-order valence-electron chi connectivity index (χ4n) is 3.76. The van der Waals surface area contributed by atoms with Crippen molar-refractivity contribution < 1.29 is 4.74 Å². The molecular weight excluding hydrogens is 348 g/mol. The van der Waals surface area contributed by atoms with Gasteiger partial charge in [0, 0.05) is 35.6 Å². The zero-order valence-corrected chi connectivity index (χ0v) is 15.9. The molecule has 2 aromatic carbocycles. The van der Waals surface area contributed by atoms with E-state index >= 15 is 0 Å². The summed E-state index contributed by atoms with van der Waals surface area (Å²) in [5.74, 6) is 2.39. The van der Waals surface area contributed by atoms with Crippen LogP contribution in [0, 0.1) is 6.92 Å². The van der Waals surface area contributed by atoms with Crippen LogP contribution in [0.2, 0.25) is 0 Å². The Balaban J connectivity index is 1.76. The van der Waals surface area contributed by atoms with Gasteiger partial charge in [0.05, 0.1) is 12.6 Å². The Morgan fingerprint density at radius 1 is 1.04 bits per heavy atom. The van der Waals surface area contributed by atoms with Crippen LogP contribution in [0.5, 0.6) is 5.75 Å². The summed E-state index contributed by atoms with van der Waals surface area (Å²) < 4.78 is 5.46. The second kappa shape index (κ2) is 6.60. The van der Waals surface area contributed by atoms with E-state index in [4.69, 9.17) is 14.7 Å². The van der Waals surface area contributed by atoms with E-state index in [9.17, 15) is 0 Å². The lowest BCUT2D eigenvalue weighted by molar-refractivity contribution is 0.415. The molecule has 0 atom stereocenters. The minimum Gasteiger partial charge on any atom is -0.497 e. The van der Waals surface area contributed by atoms with Crippen molar-refractivity contribution >= 4 is 22.4 Å². The smallest absolute Gasteiger partial charge is 0.163 e. The van der Waals surface area contributed by atoms with E-state index in [1.807, 2.05) is 30.3 Å². The van der Waals surface area contributed by atoms with Gasteiger partial charge in [-0.15, -0.1) is 0 Å². The van der Waals surface area contributed by atoms with Gasteiger partial charge in [0.1, 0.15) is 11.6 Å². The highest BCUT2D eigenvalue weighted by molar-refractivity contribution is 5.94. The third-order valence-corrected chi connectivity index (χ3v) is 5.19. The van der Waals surface area contributed by atoms with Crippen LogP contribution in [0.3, 0.4) is 0 Å². The van der Waals surface area contributed by atoms with E-state index in [1.165, 1.54) is 16.8 Å². The van der Waals surface area contributed by atoms with Crippen molar-refractivity contribution in [3.63, 3.8) is 0 Å². The molecule has 0 spiro atoms. The van der Waals surface area contributed by atoms with E-state index in [1.54, 1.807) is 19.5 Å². The molecule has 1 aliphatic heterocycles. The Morgan fingerprint density at radius 2 is 1.96 bits per heavy atom. The highest BCUT2D eigenvalue weighted by Gasteiger charge is 2.24. The van der Waals surface area contributed by atoms with Gasteiger partial charge >= 0.3 is 0 Å². The summed E-state index contributed by atoms with van der Waals surface area (Å²) in [7, 11) is 1.68. The normalized spacial score (nSPS) is 13.0. The number of fused-ring (bicyclic) bond motifs is 2. The molecule has 138 valence electrons. The third-order valence-electron chi connectivity index (χ3n) is 5.19. The number of pyridine rings is 1. The Hall–Kier alpha value is -3.47. The van der Waals surface area contributed by atoms with E-state index in [-0.39, 0.29) is 0 Å². The summed E-state index contributed by atoms with van der Waals surface area (Å²) in [5, 5.41) is 0.987. The van der Waals surface area contributed by atoms with E-state index < -0.39 is 0 Å². The number of hydrogen-bond donors (Lipinski definition) is 0. The number of hydrogen-bond acceptors (Lipinski definition) is 5. The number of anilines is 2. The number of benzene rings is 2. The topological polar surface area (TPSA) is 51.1 Å². The van der Waals surface area contributed by atoms with Gasteiger partial charge in [-0.25, -0.2) is 9.97 Å². The molecule has 28 heavy (non-hydrogen) atoms. The summed E-state index contributed by atoms with van der Waals surface area (Å²) in [6.07, 6.45) is 4.57. The zero-order valence-electron chi connectivity index (χ0n) is 15.9. The largest absolute Gasteiger partial charge is 0.497 e. The predicted octanol–water partition coefficient (Wildman–Crippen LogP) is 4.70. The van der Waals surface area contributed by atoms with Crippen molar-refractivity contribution in [2.75, 3.05) is 18.6 Å². The molecule has 0 saturated heterocycles. The molecule has 4 aromatic rings. The Labute approximate surface area is 163 Å². The fraction of sp³-hybridized carbons (Fsp3) is 0.174. The molecule has 5 heteroatoms. The SMILES string of the molecule is COc1ccc2nc(-c3cccnc3)nc(N3CCc4ccc(C)cc43)c2c1. The summed E-state index contributed by atoms with van der Waals surface area (Å²) in [6.45, 7) is 3.02. The number of ether oxygens (including phenoxy) is 1. The number of aryl methyl sites for hydroxylation is 1. The number of methoxy groups -OCH3 is 1.